The monoisotopic (exact) mass is 360 g/mol. The molecule has 2 heterocycles. The van der Waals surface area contributed by atoms with Crippen LogP contribution in [-0.4, -0.2) is 71.6 Å². The van der Waals surface area contributed by atoms with Crippen molar-refractivity contribution >= 4 is 22.9 Å². The number of aromatic nitrogens is 2. The van der Waals surface area contributed by atoms with Gasteiger partial charge in [0.1, 0.15) is 24.9 Å². The molecule has 0 saturated heterocycles. The Morgan fingerprint density at radius 3 is 2.60 bits per heavy atom. The molecule has 0 saturated carbocycles. The van der Waals surface area contributed by atoms with E-state index in [4.69, 9.17) is 9.15 Å². The van der Waals surface area contributed by atoms with Gasteiger partial charge < -0.3 is 19.0 Å². The summed E-state index contributed by atoms with van der Waals surface area (Å²) in [5.41, 5.74) is 0.592. The van der Waals surface area contributed by atoms with Crippen LogP contribution in [0.15, 0.2) is 23.1 Å². The summed E-state index contributed by atoms with van der Waals surface area (Å²) in [5.74, 6) is -1.73. The van der Waals surface area contributed by atoms with E-state index in [9.17, 15) is 22.8 Å². The van der Waals surface area contributed by atoms with E-state index in [0.29, 0.717) is 10.4 Å². The lowest BCUT2D eigenvalue weighted by Crippen LogP contribution is -2.46. The third-order valence-electron chi connectivity index (χ3n) is 3.09. The zero-order chi connectivity index (χ0) is 18.6. The van der Waals surface area contributed by atoms with Crippen LogP contribution in [0, 0.1) is 0 Å². The molecule has 0 spiro atoms. The Kier molecular flexibility index (Phi) is 5.45. The highest BCUT2D eigenvalue weighted by Gasteiger charge is 2.34. The molecule has 0 bridgehead atoms. The lowest BCUT2D eigenvalue weighted by atomic mass is 10.4. The maximum Gasteiger partial charge on any atom is 0.406 e. The van der Waals surface area contributed by atoms with E-state index in [1.54, 1.807) is 0 Å². The number of halogens is 3. The molecule has 25 heavy (non-hydrogen) atoms. The largest absolute Gasteiger partial charge is 0.465 e. The molecule has 11 heteroatoms. The average Bonchev–Trinajstić information content (AvgIpc) is 2.99. The summed E-state index contributed by atoms with van der Waals surface area (Å²) in [6.07, 6.45) is -2.15. The fraction of sp³-hybridized carbons (Fsp3) is 0.429. The predicted molar refractivity (Wildman–Crippen MR) is 78.6 cm³/mol. The van der Waals surface area contributed by atoms with E-state index in [0.717, 1.165) is 4.90 Å². The van der Waals surface area contributed by atoms with E-state index in [1.807, 2.05) is 0 Å². The predicted octanol–water partition coefficient (Wildman–Crippen LogP) is 1.08. The minimum atomic E-state index is -4.65. The van der Waals surface area contributed by atoms with E-state index >= 15 is 0 Å². The van der Waals surface area contributed by atoms with Crippen molar-refractivity contribution in [2.24, 2.45) is 0 Å². The van der Waals surface area contributed by atoms with E-state index in [2.05, 4.69) is 9.97 Å². The quantitative estimate of drug-likeness (QED) is 0.766. The van der Waals surface area contributed by atoms with Crippen LogP contribution in [0.5, 0.6) is 5.88 Å². The lowest BCUT2D eigenvalue weighted by Gasteiger charge is -2.24. The Bertz CT molecular complexity index is 760. The molecule has 0 fully saturated rings. The number of rotatable bonds is 6. The van der Waals surface area contributed by atoms with Gasteiger partial charge in [-0.15, -0.1) is 0 Å². The molecule has 0 aromatic carbocycles. The van der Waals surface area contributed by atoms with Crippen molar-refractivity contribution < 1.29 is 31.9 Å². The number of likely N-dealkylation sites (N-methyl/N-ethyl adjacent to an activating group) is 1. The number of fused-ring (bicyclic) bond motifs is 1. The first-order chi connectivity index (χ1) is 11.7. The molecule has 2 rings (SSSR count). The molecule has 0 radical (unpaired) electrons. The van der Waals surface area contributed by atoms with Gasteiger partial charge in [0.25, 0.3) is 11.8 Å². The minimum Gasteiger partial charge on any atom is -0.465 e. The highest BCUT2D eigenvalue weighted by Crippen LogP contribution is 2.22. The lowest BCUT2D eigenvalue weighted by molar-refractivity contribution is -0.165. The van der Waals surface area contributed by atoms with Crippen molar-refractivity contribution in [1.82, 2.24) is 19.8 Å². The average molecular weight is 360 g/mol. The van der Waals surface area contributed by atoms with Crippen LogP contribution >= 0.6 is 0 Å². The first-order valence-corrected chi connectivity index (χ1v) is 7.03. The highest BCUT2D eigenvalue weighted by atomic mass is 19.4. The minimum absolute atomic E-state index is 0.0748. The number of carbonyl (C=O) groups is 2. The SMILES string of the molecule is CN(C)C(=O)CN(CC(F)(F)F)C(=O)COc1ncnc2ccoc12. The fourth-order valence-corrected chi connectivity index (χ4v) is 1.84. The number of nitrogens with zero attached hydrogens (tertiary/aromatic N) is 4. The van der Waals surface area contributed by atoms with Crippen LogP contribution in [0.3, 0.4) is 0 Å². The maximum absolute atomic E-state index is 12.7. The normalized spacial score (nSPS) is 11.4. The van der Waals surface area contributed by atoms with Gasteiger partial charge in [-0.25, -0.2) is 4.98 Å². The summed E-state index contributed by atoms with van der Waals surface area (Å²) in [5, 5.41) is 0. The Balaban J connectivity index is 2.07. The second kappa shape index (κ2) is 7.36. The number of ether oxygens (including phenoxy) is 1. The summed E-state index contributed by atoms with van der Waals surface area (Å²) in [6, 6.07) is 1.54. The van der Waals surface area contributed by atoms with E-state index in [-0.39, 0.29) is 11.5 Å². The molecule has 0 aliphatic rings. The van der Waals surface area contributed by atoms with Gasteiger partial charge in [0.2, 0.25) is 11.5 Å². The van der Waals surface area contributed by atoms with Crippen LogP contribution in [0.25, 0.3) is 11.1 Å². The fourth-order valence-electron chi connectivity index (χ4n) is 1.84. The first-order valence-electron chi connectivity index (χ1n) is 7.03. The topological polar surface area (TPSA) is 88.8 Å². The molecule has 8 nitrogen and oxygen atoms in total. The van der Waals surface area contributed by atoms with Gasteiger partial charge in [0.05, 0.1) is 6.26 Å². The number of hydrogen-bond acceptors (Lipinski definition) is 6. The zero-order valence-electron chi connectivity index (χ0n) is 13.4. The van der Waals surface area contributed by atoms with Gasteiger partial charge >= 0.3 is 6.18 Å². The molecule has 0 unspecified atom stereocenters. The maximum atomic E-state index is 12.7. The molecular weight excluding hydrogens is 345 g/mol. The summed E-state index contributed by atoms with van der Waals surface area (Å²) in [4.78, 5) is 32.9. The summed E-state index contributed by atoms with van der Waals surface area (Å²) in [7, 11) is 2.76. The molecule has 2 aromatic rings. The van der Waals surface area contributed by atoms with Crippen molar-refractivity contribution in [2.45, 2.75) is 6.18 Å². The Labute approximate surface area is 140 Å². The molecule has 2 aromatic heterocycles. The molecule has 0 aliphatic heterocycles. The van der Waals surface area contributed by atoms with Crippen LogP contribution in [0.4, 0.5) is 13.2 Å². The van der Waals surface area contributed by atoms with Crippen molar-refractivity contribution in [1.29, 1.82) is 0 Å². The molecule has 0 atom stereocenters. The summed E-state index contributed by atoms with van der Waals surface area (Å²) < 4.78 is 48.2. The van der Waals surface area contributed by atoms with Crippen LogP contribution in [0.2, 0.25) is 0 Å². The van der Waals surface area contributed by atoms with Crippen molar-refractivity contribution in [3.8, 4) is 5.88 Å². The van der Waals surface area contributed by atoms with Gasteiger partial charge in [0, 0.05) is 20.2 Å². The highest BCUT2D eigenvalue weighted by molar-refractivity contribution is 5.85. The van der Waals surface area contributed by atoms with Crippen molar-refractivity contribution in [3.63, 3.8) is 0 Å². The summed E-state index contributed by atoms with van der Waals surface area (Å²) in [6.45, 7) is -3.01. The third-order valence-corrected chi connectivity index (χ3v) is 3.09. The standard InChI is InChI=1S/C14H15F3N4O4/c1-20(2)10(22)5-21(7-14(15,16)17)11(23)6-25-13-12-9(3-4-24-12)18-8-19-13/h3-4,8H,5-7H2,1-2H3. The van der Waals surface area contributed by atoms with Gasteiger partial charge in [-0.05, 0) is 0 Å². The summed E-state index contributed by atoms with van der Waals surface area (Å²) >= 11 is 0. The Morgan fingerprint density at radius 1 is 1.24 bits per heavy atom. The molecule has 136 valence electrons. The molecular formula is C14H15F3N4O4. The smallest absolute Gasteiger partial charge is 0.406 e. The number of amides is 2. The Hall–Kier alpha value is -2.85. The second-order valence-corrected chi connectivity index (χ2v) is 5.26. The Morgan fingerprint density at radius 2 is 1.96 bits per heavy atom. The number of carbonyl (C=O) groups excluding carboxylic acids is 2. The van der Waals surface area contributed by atoms with E-state index in [1.165, 1.54) is 32.8 Å². The van der Waals surface area contributed by atoms with Crippen LogP contribution in [-0.2, 0) is 9.59 Å². The van der Waals surface area contributed by atoms with Crippen LogP contribution in [0.1, 0.15) is 0 Å². The number of alkyl halides is 3. The molecule has 2 amide bonds. The third kappa shape index (κ3) is 5.06. The van der Waals surface area contributed by atoms with Crippen LogP contribution < -0.4 is 4.74 Å². The van der Waals surface area contributed by atoms with Crippen molar-refractivity contribution in [2.75, 3.05) is 33.8 Å². The van der Waals surface area contributed by atoms with Gasteiger partial charge in [0.15, 0.2) is 6.61 Å². The number of furan rings is 1. The number of hydrogen-bond donors (Lipinski definition) is 0. The second-order valence-electron chi connectivity index (χ2n) is 5.26. The van der Waals surface area contributed by atoms with Gasteiger partial charge in [-0.2, -0.15) is 18.2 Å². The molecule has 0 aliphatic carbocycles. The first kappa shape index (κ1) is 18.5. The van der Waals surface area contributed by atoms with Crippen molar-refractivity contribution in [3.05, 3.63) is 18.7 Å². The van der Waals surface area contributed by atoms with Gasteiger partial charge in [-0.1, -0.05) is 0 Å². The zero-order valence-corrected chi connectivity index (χ0v) is 13.4. The van der Waals surface area contributed by atoms with Gasteiger partial charge in [-0.3, -0.25) is 9.59 Å². The van der Waals surface area contributed by atoms with E-state index < -0.39 is 37.7 Å². The molecule has 0 N–H and O–H groups in total.